The van der Waals surface area contributed by atoms with Gasteiger partial charge in [-0.05, 0) is 13.8 Å². The van der Waals surface area contributed by atoms with Crippen LogP contribution >= 0.6 is 0 Å². The maximum Gasteiger partial charge on any atom is 0.228 e. The van der Waals surface area contributed by atoms with Crippen molar-refractivity contribution in [2.45, 2.75) is 19.9 Å². The summed E-state index contributed by atoms with van der Waals surface area (Å²) in [6, 6.07) is 0.119. The molecule has 1 aromatic heterocycles. The predicted octanol–water partition coefficient (Wildman–Crippen LogP) is 0.617. The molecule has 1 N–H and O–H groups in total. The number of carbonyl (C=O) groups excluding carboxylic acids is 1. The molecule has 0 radical (unpaired) electrons. The topological polar surface area (TPSA) is 46.9 Å². The lowest BCUT2D eigenvalue weighted by atomic mass is 9.74. The molecule has 0 aromatic carbocycles. The van der Waals surface area contributed by atoms with Crippen LogP contribution in [0.4, 0.5) is 0 Å². The molecule has 1 aliphatic rings. The molecule has 2 rings (SSSR count). The highest BCUT2D eigenvalue weighted by Crippen LogP contribution is 2.40. The van der Waals surface area contributed by atoms with Gasteiger partial charge in [-0.1, -0.05) is 0 Å². The zero-order valence-corrected chi connectivity index (χ0v) is 8.03. The Balaban J connectivity index is 2.26. The van der Waals surface area contributed by atoms with Gasteiger partial charge in [0.25, 0.3) is 0 Å². The molecule has 1 atom stereocenters. The third-order valence-corrected chi connectivity index (χ3v) is 2.64. The van der Waals surface area contributed by atoms with Gasteiger partial charge in [-0.2, -0.15) is 5.10 Å². The monoisotopic (exact) mass is 179 g/mol. The van der Waals surface area contributed by atoms with E-state index in [2.05, 4.69) is 10.4 Å². The van der Waals surface area contributed by atoms with Crippen LogP contribution < -0.4 is 5.32 Å². The van der Waals surface area contributed by atoms with Crippen LogP contribution in [-0.4, -0.2) is 15.7 Å². The summed E-state index contributed by atoms with van der Waals surface area (Å²) in [7, 11) is 1.87. The fourth-order valence-corrected chi connectivity index (χ4v) is 1.64. The van der Waals surface area contributed by atoms with Crippen LogP contribution in [0.3, 0.4) is 0 Å². The highest BCUT2D eigenvalue weighted by Gasteiger charge is 2.48. The Labute approximate surface area is 76.9 Å². The maximum absolute atomic E-state index is 11.2. The minimum absolute atomic E-state index is 0.112. The fraction of sp³-hybridized carbons (Fsp3) is 0.556. The molecule has 70 valence electrons. The lowest BCUT2D eigenvalue weighted by molar-refractivity contribution is -0.143. The van der Waals surface area contributed by atoms with Crippen molar-refractivity contribution in [3.63, 3.8) is 0 Å². The van der Waals surface area contributed by atoms with Crippen molar-refractivity contribution < 1.29 is 4.79 Å². The summed E-state index contributed by atoms with van der Waals surface area (Å²) < 4.78 is 1.75. The Hall–Kier alpha value is -1.32. The number of carbonyl (C=O) groups is 1. The van der Waals surface area contributed by atoms with Crippen LogP contribution in [0.2, 0.25) is 0 Å². The second-order valence-corrected chi connectivity index (χ2v) is 4.08. The number of nitrogens with one attached hydrogen (secondary N) is 1. The van der Waals surface area contributed by atoms with Gasteiger partial charge in [-0.3, -0.25) is 9.48 Å². The molecule has 1 aliphatic heterocycles. The van der Waals surface area contributed by atoms with Crippen LogP contribution in [0.15, 0.2) is 12.4 Å². The van der Waals surface area contributed by atoms with Gasteiger partial charge in [-0.15, -0.1) is 0 Å². The second-order valence-electron chi connectivity index (χ2n) is 4.08. The molecule has 0 saturated carbocycles. The Bertz CT molecular complexity index is 353. The van der Waals surface area contributed by atoms with Crippen LogP contribution in [0.5, 0.6) is 0 Å². The number of hydrogen-bond acceptors (Lipinski definition) is 2. The maximum atomic E-state index is 11.2. The summed E-state index contributed by atoms with van der Waals surface area (Å²) in [6.45, 7) is 3.90. The summed E-state index contributed by atoms with van der Waals surface area (Å²) in [5, 5.41) is 6.95. The summed E-state index contributed by atoms with van der Waals surface area (Å²) in [4.78, 5) is 11.2. The van der Waals surface area contributed by atoms with Gasteiger partial charge in [0.2, 0.25) is 5.91 Å². The number of β-lactam (4-membered cyclic amide) rings is 1. The highest BCUT2D eigenvalue weighted by molar-refractivity contribution is 5.89. The Morgan fingerprint density at radius 2 is 2.31 bits per heavy atom. The van der Waals surface area contributed by atoms with Gasteiger partial charge >= 0.3 is 0 Å². The molecule has 1 aromatic rings. The van der Waals surface area contributed by atoms with Crippen LogP contribution in [-0.2, 0) is 11.8 Å². The number of amides is 1. The fourth-order valence-electron chi connectivity index (χ4n) is 1.64. The van der Waals surface area contributed by atoms with Crippen molar-refractivity contribution in [2.24, 2.45) is 12.5 Å². The second kappa shape index (κ2) is 2.34. The third kappa shape index (κ3) is 1.05. The van der Waals surface area contributed by atoms with E-state index < -0.39 is 0 Å². The normalized spacial score (nSPS) is 25.2. The molecule has 4 nitrogen and oxygen atoms in total. The molecular formula is C9H13N3O. The summed E-state index contributed by atoms with van der Waals surface area (Å²) >= 11 is 0. The number of rotatable bonds is 1. The van der Waals surface area contributed by atoms with E-state index in [1.807, 2.05) is 27.1 Å². The lowest BCUT2D eigenvalue weighted by Crippen LogP contribution is -2.57. The minimum Gasteiger partial charge on any atom is -0.348 e. The molecule has 0 aliphatic carbocycles. The van der Waals surface area contributed by atoms with E-state index in [0.717, 1.165) is 5.56 Å². The van der Waals surface area contributed by atoms with Gasteiger partial charge in [-0.25, -0.2) is 0 Å². The minimum atomic E-state index is -0.289. The predicted molar refractivity (Wildman–Crippen MR) is 47.9 cm³/mol. The van der Waals surface area contributed by atoms with Crippen molar-refractivity contribution in [3.8, 4) is 0 Å². The standard InChI is InChI=1S/C9H13N3O/c1-9(2)7(11-8(9)13)6-4-10-12(3)5-6/h4-5,7H,1-3H3,(H,11,13). The zero-order valence-electron chi connectivity index (χ0n) is 8.03. The Kier molecular flexibility index (Phi) is 1.49. The largest absolute Gasteiger partial charge is 0.348 e. The van der Waals surface area contributed by atoms with Crippen molar-refractivity contribution in [1.29, 1.82) is 0 Å². The number of aryl methyl sites for hydroxylation is 1. The van der Waals surface area contributed by atoms with Crippen LogP contribution in [0.1, 0.15) is 25.5 Å². The van der Waals surface area contributed by atoms with Crippen molar-refractivity contribution in [3.05, 3.63) is 18.0 Å². The summed E-state index contributed by atoms with van der Waals surface area (Å²) in [5.74, 6) is 0.112. The van der Waals surface area contributed by atoms with Crippen LogP contribution in [0, 0.1) is 5.41 Å². The smallest absolute Gasteiger partial charge is 0.228 e. The first kappa shape index (κ1) is 8.29. The molecule has 1 amide bonds. The van der Waals surface area contributed by atoms with Crippen molar-refractivity contribution >= 4 is 5.91 Å². The van der Waals surface area contributed by atoms with E-state index in [1.54, 1.807) is 10.9 Å². The molecule has 0 spiro atoms. The van der Waals surface area contributed by atoms with Gasteiger partial charge in [0.1, 0.15) is 0 Å². The van der Waals surface area contributed by atoms with Gasteiger partial charge < -0.3 is 5.32 Å². The first-order valence-corrected chi connectivity index (χ1v) is 4.31. The average Bonchev–Trinajstić information content (AvgIpc) is 2.47. The highest BCUT2D eigenvalue weighted by atomic mass is 16.2. The Morgan fingerprint density at radius 1 is 1.62 bits per heavy atom. The first-order chi connectivity index (χ1) is 6.01. The molecule has 0 bridgehead atoms. The van der Waals surface area contributed by atoms with Gasteiger partial charge in [0.05, 0.1) is 17.7 Å². The summed E-state index contributed by atoms with van der Waals surface area (Å²) in [5.41, 5.74) is 0.787. The molecule has 1 unspecified atom stereocenters. The number of nitrogens with zero attached hydrogens (tertiary/aromatic N) is 2. The molecule has 2 heterocycles. The van der Waals surface area contributed by atoms with E-state index in [0.29, 0.717) is 0 Å². The number of hydrogen-bond donors (Lipinski definition) is 1. The third-order valence-electron chi connectivity index (χ3n) is 2.64. The van der Waals surface area contributed by atoms with E-state index >= 15 is 0 Å². The average molecular weight is 179 g/mol. The van der Waals surface area contributed by atoms with E-state index in [-0.39, 0.29) is 17.4 Å². The van der Waals surface area contributed by atoms with E-state index in [1.165, 1.54) is 0 Å². The molecule has 13 heavy (non-hydrogen) atoms. The number of aromatic nitrogens is 2. The van der Waals surface area contributed by atoms with Gasteiger partial charge in [0, 0.05) is 18.8 Å². The molecule has 1 saturated heterocycles. The molecule has 4 heteroatoms. The van der Waals surface area contributed by atoms with Gasteiger partial charge in [0.15, 0.2) is 0 Å². The van der Waals surface area contributed by atoms with Crippen molar-refractivity contribution in [1.82, 2.24) is 15.1 Å². The Morgan fingerprint density at radius 3 is 2.69 bits per heavy atom. The lowest BCUT2D eigenvalue weighted by Gasteiger charge is -2.43. The zero-order chi connectivity index (χ0) is 9.64. The quantitative estimate of drug-likeness (QED) is 0.642. The SMILES string of the molecule is Cn1cc(C2NC(=O)C2(C)C)cn1. The van der Waals surface area contributed by atoms with E-state index in [4.69, 9.17) is 0 Å². The first-order valence-electron chi connectivity index (χ1n) is 4.31. The molecular weight excluding hydrogens is 166 g/mol. The van der Waals surface area contributed by atoms with Crippen LogP contribution in [0.25, 0.3) is 0 Å². The summed E-state index contributed by atoms with van der Waals surface area (Å²) in [6.07, 6.45) is 3.73. The molecule has 1 fully saturated rings. The van der Waals surface area contributed by atoms with E-state index in [9.17, 15) is 4.79 Å². The van der Waals surface area contributed by atoms with Crippen molar-refractivity contribution in [2.75, 3.05) is 0 Å².